The number of carboxylic acid groups (broad SMARTS) is 1. The van der Waals surface area contributed by atoms with Gasteiger partial charge in [-0.15, -0.1) is 16.4 Å². The highest BCUT2D eigenvalue weighted by Crippen LogP contribution is 2.36. The number of Topliss-reactive ketones (excluding diaryl/α,β-unsaturated/α-hetero) is 1. The minimum Gasteiger partial charge on any atom is -0.481 e. The number of hydrazone groups is 1. The Kier molecular flexibility index (Phi) is 11.7. The number of unbranched alkanes of at least 4 members (excludes halogenated alkanes) is 1. The van der Waals surface area contributed by atoms with E-state index in [0.29, 0.717) is 37.3 Å². The van der Waals surface area contributed by atoms with Crippen molar-refractivity contribution in [2.75, 3.05) is 24.4 Å². The van der Waals surface area contributed by atoms with Gasteiger partial charge in [0.1, 0.15) is 10.7 Å². The van der Waals surface area contributed by atoms with Gasteiger partial charge in [-0.1, -0.05) is 24.3 Å². The highest BCUT2D eigenvalue weighted by atomic mass is 32.2. The van der Waals surface area contributed by atoms with Gasteiger partial charge in [-0.2, -0.15) is 0 Å². The van der Waals surface area contributed by atoms with E-state index in [-0.39, 0.29) is 53.4 Å². The Hall–Kier alpha value is -4.31. The number of ether oxygens (including phenoxy) is 1. The van der Waals surface area contributed by atoms with Gasteiger partial charge in [-0.25, -0.2) is 13.4 Å². The number of carboxylic acids is 1. The molecule has 5 rings (SSSR count). The van der Waals surface area contributed by atoms with Crippen LogP contribution in [0.5, 0.6) is 0 Å². The highest BCUT2D eigenvalue weighted by Gasteiger charge is 2.29. The van der Waals surface area contributed by atoms with E-state index in [0.717, 1.165) is 64.5 Å². The molecule has 15 heteroatoms. The number of sulfonamides is 1. The summed E-state index contributed by atoms with van der Waals surface area (Å²) < 4.78 is 36.5. The van der Waals surface area contributed by atoms with E-state index in [9.17, 15) is 22.8 Å². The highest BCUT2D eigenvalue weighted by molar-refractivity contribution is 7.92. The van der Waals surface area contributed by atoms with Crippen LogP contribution in [0.4, 0.5) is 5.69 Å². The average Bonchev–Trinajstić information content (AvgIpc) is 3.72. The summed E-state index contributed by atoms with van der Waals surface area (Å²) in [5.74, 6) is -1.31. The number of aliphatic carboxylic acids is 1. The van der Waals surface area contributed by atoms with Gasteiger partial charge in [-0.3, -0.25) is 19.2 Å². The SMILES string of the molecule is CC(=O)CC1CCN(Cc2ccccc2-c2cc3c(c(S(=O)(=O)Nc4ccsc4C(=O)N(CCCCC(=O)O)N=C(N)N)c2)COC3)CC1. The van der Waals surface area contributed by atoms with Crippen molar-refractivity contribution < 1.29 is 32.6 Å². The van der Waals surface area contributed by atoms with Crippen LogP contribution in [-0.4, -0.2) is 66.7 Å². The van der Waals surface area contributed by atoms with Gasteiger partial charge in [0.2, 0.25) is 5.96 Å². The third-order valence-electron chi connectivity index (χ3n) is 8.69. The maximum Gasteiger partial charge on any atom is 0.303 e. The number of guanidine groups is 1. The number of carbonyl (C=O) groups is 3. The molecule has 0 aliphatic carbocycles. The number of rotatable bonds is 15. The van der Waals surface area contributed by atoms with Gasteiger partial charge < -0.3 is 26.1 Å². The van der Waals surface area contributed by atoms with Crippen LogP contribution >= 0.6 is 11.3 Å². The molecule has 2 aliphatic heterocycles. The van der Waals surface area contributed by atoms with Crippen LogP contribution in [0.3, 0.4) is 0 Å². The lowest BCUT2D eigenvalue weighted by atomic mass is 9.91. The molecule has 0 atom stereocenters. The van der Waals surface area contributed by atoms with E-state index < -0.39 is 21.9 Å². The van der Waals surface area contributed by atoms with Crippen LogP contribution in [0, 0.1) is 5.92 Å². The standard InChI is InChI=1S/C34H42N6O7S2/c1-22(41)16-23-9-13-39(14-10-23)19-24-6-2-3-7-27(24)25-17-26-20-47-21-28(26)30(18-25)49(45,46)38-29-11-15-48-32(29)33(44)40(37-34(35)36)12-5-4-8-31(42)43/h2-3,6-7,11,15,17-18,23,38H,4-5,8-10,12-14,16,19-21H2,1H3,(H,42,43)(H4,35,36,37). The van der Waals surface area contributed by atoms with E-state index in [1.54, 1.807) is 18.4 Å². The fraction of sp³-hybridized carbons (Fsp3) is 0.412. The van der Waals surface area contributed by atoms with Crippen LogP contribution < -0.4 is 16.2 Å². The summed E-state index contributed by atoms with van der Waals surface area (Å²) in [6, 6.07) is 13.1. The summed E-state index contributed by atoms with van der Waals surface area (Å²) in [5, 5.41) is 15.5. The molecule has 0 radical (unpaired) electrons. The Labute approximate surface area is 290 Å². The summed E-state index contributed by atoms with van der Waals surface area (Å²) in [4.78, 5) is 38.6. The van der Waals surface area contributed by atoms with Gasteiger partial charge >= 0.3 is 5.97 Å². The Balaban J connectivity index is 1.39. The van der Waals surface area contributed by atoms with Crippen LogP contribution in [0.1, 0.15) is 71.8 Å². The lowest BCUT2D eigenvalue weighted by Crippen LogP contribution is -2.33. The maximum absolute atomic E-state index is 14.1. The van der Waals surface area contributed by atoms with Crippen LogP contribution in [0.25, 0.3) is 11.1 Å². The van der Waals surface area contributed by atoms with Crippen LogP contribution in [-0.2, 0) is 44.1 Å². The van der Waals surface area contributed by atoms with E-state index in [1.165, 1.54) is 6.07 Å². The predicted octanol–water partition coefficient (Wildman–Crippen LogP) is 4.32. The molecule has 1 amide bonds. The van der Waals surface area contributed by atoms with Gasteiger partial charge in [0.15, 0.2) is 0 Å². The van der Waals surface area contributed by atoms with Gasteiger partial charge in [0.05, 0.1) is 23.8 Å². The molecule has 3 aromatic rings. The second kappa shape index (κ2) is 15.9. The predicted molar refractivity (Wildman–Crippen MR) is 187 cm³/mol. The minimum atomic E-state index is -4.21. The summed E-state index contributed by atoms with van der Waals surface area (Å²) >= 11 is 1.03. The zero-order chi connectivity index (χ0) is 35.1. The van der Waals surface area contributed by atoms with Crippen molar-refractivity contribution in [3.8, 4) is 11.1 Å². The number of anilines is 1. The summed E-state index contributed by atoms with van der Waals surface area (Å²) in [6.45, 7) is 4.56. The third-order valence-corrected chi connectivity index (χ3v) is 11.0. The topological polar surface area (TPSA) is 198 Å². The van der Waals surface area contributed by atoms with Gasteiger partial charge in [0.25, 0.3) is 15.9 Å². The molecule has 1 fully saturated rings. The van der Waals surface area contributed by atoms with E-state index in [1.807, 2.05) is 24.3 Å². The lowest BCUT2D eigenvalue weighted by Gasteiger charge is -2.32. The van der Waals surface area contributed by atoms with Crippen molar-refractivity contribution in [3.63, 3.8) is 0 Å². The molecule has 3 heterocycles. The van der Waals surface area contributed by atoms with Crippen molar-refractivity contribution in [2.45, 2.75) is 70.1 Å². The number of ketones is 1. The first kappa shape index (κ1) is 36.0. The third kappa shape index (κ3) is 9.23. The van der Waals surface area contributed by atoms with Crippen molar-refractivity contribution >= 4 is 50.7 Å². The number of piperidine rings is 1. The van der Waals surface area contributed by atoms with Crippen molar-refractivity contribution in [1.29, 1.82) is 0 Å². The smallest absolute Gasteiger partial charge is 0.303 e. The maximum atomic E-state index is 14.1. The summed E-state index contributed by atoms with van der Waals surface area (Å²) in [6.07, 6.45) is 3.10. The van der Waals surface area contributed by atoms with E-state index in [4.69, 9.17) is 21.3 Å². The quantitative estimate of drug-likeness (QED) is 0.0763. The number of nitrogens with one attached hydrogen (secondary N) is 1. The Morgan fingerprint density at radius 3 is 2.57 bits per heavy atom. The first-order chi connectivity index (χ1) is 23.4. The number of amides is 1. The van der Waals surface area contributed by atoms with Crippen molar-refractivity contribution in [3.05, 3.63) is 69.4 Å². The number of carbonyl (C=O) groups excluding carboxylic acids is 2. The molecule has 49 heavy (non-hydrogen) atoms. The number of hydrogen-bond donors (Lipinski definition) is 4. The number of fused-ring (bicyclic) bond motifs is 1. The number of nitrogens with zero attached hydrogens (tertiary/aromatic N) is 3. The molecule has 2 aromatic carbocycles. The summed E-state index contributed by atoms with van der Waals surface area (Å²) in [5.41, 5.74) is 15.3. The second-order valence-corrected chi connectivity index (χ2v) is 15.0. The zero-order valence-corrected chi connectivity index (χ0v) is 29.0. The largest absolute Gasteiger partial charge is 0.481 e. The Morgan fingerprint density at radius 2 is 1.86 bits per heavy atom. The minimum absolute atomic E-state index is 0.0385. The number of thiophene rings is 1. The fourth-order valence-electron chi connectivity index (χ4n) is 6.34. The molecule has 1 aromatic heterocycles. The number of likely N-dealkylation sites (tertiary alicyclic amines) is 1. The molecule has 1 saturated heterocycles. The van der Waals surface area contributed by atoms with Crippen molar-refractivity contribution in [1.82, 2.24) is 9.91 Å². The molecule has 13 nitrogen and oxygen atoms in total. The van der Waals surface area contributed by atoms with Crippen LogP contribution in [0.2, 0.25) is 0 Å². The summed E-state index contributed by atoms with van der Waals surface area (Å²) in [7, 11) is -4.21. The van der Waals surface area contributed by atoms with Crippen molar-refractivity contribution in [2.24, 2.45) is 22.5 Å². The molecule has 0 saturated carbocycles. The molecule has 6 N–H and O–H groups in total. The first-order valence-corrected chi connectivity index (χ1v) is 18.5. The molecular formula is C34H42N6O7S2. The first-order valence-electron chi connectivity index (χ1n) is 16.2. The fourth-order valence-corrected chi connectivity index (χ4v) is 8.56. The Morgan fingerprint density at radius 1 is 1.10 bits per heavy atom. The van der Waals surface area contributed by atoms with E-state index in [2.05, 4.69) is 20.8 Å². The number of benzene rings is 2. The number of nitrogens with two attached hydrogens (primary N) is 2. The molecule has 0 spiro atoms. The normalized spacial score (nSPS) is 15.0. The number of hydrogen-bond acceptors (Lipinski definition) is 9. The Bertz CT molecular complexity index is 1830. The molecule has 262 valence electrons. The molecule has 0 bridgehead atoms. The lowest BCUT2D eigenvalue weighted by molar-refractivity contribution is -0.137. The molecule has 2 aliphatic rings. The van der Waals surface area contributed by atoms with Gasteiger partial charge in [-0.05, 0) is 97.4 Å². The monoisotopic (exact) mass is 710 g/mol. The average molecular weight is 711 g/mol. The molecule has 0 unspecified atom stereocenters. The second-order valence-electron chi connectivity index (χ2n) is 12.5. The zero-order valence-electron chi connectivity index (χ0n) is 27.4. The van der Waals surface area contributed by atoms with Crippen LogP contribution in [0.15, 0.2) is 57.8 Å². The molecular weight excluding hydrogens is 669 g/mol. The van der Waals surface area contributed by atoms with Gasteiger partial charge in [0, 0.05) is 31.5 Å². The van der Waals surface area contributed by atoms with E-state index >= 15 is 0 Å².